The molecule has 0 aliphatic carbocycles. The van der Waals surface area contributed by atoms with Crippen molar-refractivity contribution in [3.05, 3.63) is 158 Å². The molecule has 7 rings (SSSR count). The third-order valence-electron chi connectivity index (χ3n) is 7.17. The molecule has 0 spiro atoms. The average Bonchev–Trinajstić information content (AvgIpc) is 3.33. The first-order chi connectivity index (χ1) is 18.9. The third kappa shape index (κ3) is 3.75. The second kappa shape index (κ2) is 9.42. The van der Waals surface area contributed by atoms with Gasteiger partial charge in [-0.15, -0.1) is 0 Å². The molecule has 0 radical (unpaired) electrons. The Morgan fingerprint density at radius 3 is 1.68 bits per heavy atom. The van der Waals surface area contributed by atoms with E-state index >= 15 is 0 Å². The molecule has 1 heterocycles. The predicted octanol–water partition coefficient (Wildman–Crippen LogP) is 9.92. The molecular weight excluding hydrogens is 460 g/mol. The fourth-order valence-electron chi connectivity index (χ4n) is 5.49. The molecular formula is C36H26N2. The van der Waals surface area contributed by atoms with E-state index in [0.717, 1.165) is 17.1 Å². The summed E-state index contributed by atoms with van der Waals surface area (Å²) in [6.45, 7) is 0. The Hall–Kier alpha value is -5.08. The molecule has 0 aliphatic rings. The van der Waals surface area contributed by atoms with Gasteiger partial charge in [0.2, 0.25) is 0 Å². The standard InChI is InChI=1S/C36H26N2/c1-4-14-28(15-5-1)37(29-16-6-2-7-17-29)34-22-12-10-20-31(34)27-24-25-36-33(26-27)32-21-11-13-23-35(32)38(36)30-18-8-3-9-19-30/h1-26H. The van der Waals surface area contributed by atoms with Crippen LogP contribution in [0.4, 0.5) is 17.1 Å². The number of anilines is 3. The highest BCUT2D eigenvalue weighted by Crippen LogP contribution is 2.42. The predicted molar refractivity (Wildman–Crippen MR) is 161 cm³/mol. The van der Waals surface area contributed by atoms with Gasteiger partial charge in [0.05, 0.1) is 16.7 Å². The van der Waals surface area contributed by atoms with Crippen LogP contribution in [0.5, 0.6) is 0 Å². The first kappa shape index (κ1) is 22.1. The molecule has 2 heteroatoms. The molecule has 180 valence electrons. The summed E-state index contributed by atoms with van der Waals surface area (Å²) in [6.07, 6.45) is 0. The van der Waals surface area contributed by atoms with E-state index in [1.807, 2.05) is 0 Å². The van der Waals surface area contributed by atoms with Gasteiger partial charge < -0.3 is 9.47 Å². The molecule has 0 unspecified atom stereocenters. The van der Waals surface area contributed by atoms with Crippen LogP contribution in [-0.4, -0.2) is 4.57 Å². The third-order valence-corrected chi connectivity index (χ3v) is 7.17. The quantitative estimate of drug-likeness (QED) is 0.235. The molecule has 6 aromatic carbocycles. The van der Waals surface area contributed by atoms with Crippen LogP contribution in [-0.2, 0) is 0 Å². The fraction of sp³-hybridized carbons (Fsp3) is 0. The molecule has 0 aliphatic heterocycles. The Morgan fingerprint density at radius 2 is 0.974 bits per heavy atom. The number of hydrogen-bond acceptors (Lipinski definition) is 1. The second-order valence-electron chi connectivity index (χ2n) is 9.44. The average molecular weight is 487 g/mol. The minimum absolute atomic E-state index is 1.13. The van der Waals surface area contributed by atoms with E-state index in [1.54, 1.807) is 0 Å². The molecule has 0 saturated heterocycles. The first-order valence-corrected chi connectivity index (χ1v) is 13.0. The number of aromatic nitrogens is 1. The van der Waals surface area contributed by atoms with E-state index in [2.05, 4.69) is 167 Å². The lowest BCUT2D eigenvalue weighted by Crippen LogP contribution is -2.10. The van der Waals surface area contributed by atoms with Crippen molar-refractivity contribution < 1.29 is 0 Å². The zero-order chi connectivity index (χ0) is 25.3. The summed E-state index contributed by atoms with van der Waals surface area (Å²) in [5, 5.41) is 2.51. The first-order valence-electron chi connectivity index (χ1n) is 13.0. The van der Waals surface area contributed by atoms with Crippen molar-refractivity contribution in [1.29, 1.82) is 0 Å². The van der Waals surface area contributed by atoms with Crippen LogP contribution in [0.3, 0.4) is 0 Å². The Kier molecular flexibility index (Phi) is 5.49. The highest BCUT2D eigenvalue weighted by Gasteiger charge is 2.18. The highest BCUT2D eigenvalue weighted by molar-refractivity contribution is 6.10. The Labute approximate surface area is 222 Å². The van der Waals surface area contributed by atoms with E-state index < -0.39 is 0 Å². The molecule has 7 aromatic rings. The maximum atomic E-state index is 2.36. The van der Waals surface area contributed by atoms with Gasteiger partial charge >= 0.3 is 0 Å². The Bertz CT molecular complexity index is 1810. The molecule has 0 atom stereocenters. The van der Waals surface area contributed by atoms with E-state index in [1.165, 1.54) is 38.6 Å². The van der Waals surface area contributed by atoms with E-state index in [4.69, 9.17) is 0 Å². The zero-order valence-electron chi connectivity index (χ0n) is 20.9. The minimum Gasteiger partial charge on any atom is -0.310 e. The van der Waals surface area contributed by atoms with Crippen molar-refractivity contribution >= 4 is 38.9 Å². The summed E-state index contributed by atoms with van der Waals surface area (Å²) in [7, 11) is 0. The smallest absolute Gasteiger partial charge is 0.0541 e. The number of para-hydroxylation sites is 5. The Balaban J connectivity index is 1.46. The van der Waals surface area contributed by atoms with Crippen molar-refractivity contribution in [3.8, 4) is 16.8 Å². The number of nitrogens with zero attached hydrogens (tertiary/aromatic N) is 2. The van der Waals surface area contributed by atoms with Gasteiger partial charge in [0.1, 0.15) is 0 Å². The van der Waals surface area contributed by atoms with Gasteiger partial charge in [0.25, 0.3) is 0 Å². The summed E-state index contributed by atoms with van der Waals surface area (Å²) >= 11 is 0. The van der Waals surface area contributed by atoms with Crippen molar-refractivity contribution in [1.82, 2.24) is 4.57 Å². The second-order valence-corrected chi connectivity index (χ2v) is 9.44. The molecule has 2 nitrogen and oxygen atoms in total. The number of hydrogen-bond donors (Lipinski definition) is 0. The van der Waals surface area contributed by atoms with Gasteiger partial charge in [-0.05, 0) is 66.2 Å². The van der Waals surface area contributed by atoms with Crippen molar-refractivity contribution in [2.75, 3.05) is 4.90 Å². The fourth-order valence-corrected chi connectivity index (χ4v) is 5.49. The lowest BCUT2D eigenvalue weighted by Gasteiger charge is -2.27. The SMILES string of the molecule is c1ccc(N(c2ccccc2)c2ccccc2-c2ccc3c(c2)c2ccccc2n3-c2ccccc2)cc1. The maximum Gasteiger partial charge on any atom is 0.0541 e. The van der Waals surface area contributed by atoms with Gasteiger partial charge in [-0.25, -0.2) is 0 Å². The van der Waals surface area contributed by atoms with Crippen LogP contribution >= 0.6 is 0 Å². The lowest BCUT2D eigenvalue weighted by atomic mass is 9.99. The number of benzene rings is 6. The number of rotatable bonds is 5. The van der Waals surface area contributed by atoms with Gasteiger partial charge in [0, 0.05) is 33.4 Å². The van der Waals surface area contributed by atoms with Crippen LogP contribution < -0.4 is 4.90 Å². The molecule has 0 saturated carbocycles. The van der Waals surface area contributed by atoms with Crippen LogP contribution in [0.25, 0.3) is 38.6 Å². The molecule has 0 N–H and O–H groups in total. The molecule has 38 heavy (non-hydrogen) atoms. The summed E-state index contributed by atoms with van der Waals surface area (Å²) in [5.74, 6) is 0. The largest absolute Gasteiger partial charge is 0.310 e. The monoisotopic (exact) mass is 486 g/mol. The zero-order valence-corrected chi connectivity index (χ0v) is 20.9. The van der Waals surface area contributed by atoms with Crippen LogP contribution in [0.1, 0.15) is 0 Å². The van der Waals surface area contributed by atoms with Gasteiger partial charge in [-0.2, -0.15) is 0 Å². The molecule has 0 bridgehead atoms. The van der Waals surface area contributed by atoms with Crippen molar-refractivity contribution in [2.24, 2.45) is 0 Å². The van der Waals surface area contributed by atoms with Crippen LogP contribution in [0.15, 0.2) is 158 Å². The summed E-state index contributed by atoms with van der Waals surface area (Å²) in [6, 6.07) is 56.1. The van der Waals surface area contributed by atoms with Gasteiger partial charge in [-0.3, -0.25) is 0 Å². The van der Waals surface area contributed by atoms with Crippen LogP contribution in [0, 0.1) is 0 Å². The summed E-state index contributed by atoms with van der Waals surface area (Å²) in [4.78, 5) is 2.34. The lowest BCUT2D eigenvalue weighted by molar-refractivity contribution is 1.18. The molecule has 0 fully saturated rings. The van der Waals surface area contributed by atoms with Gasteiger partial charge in [0.15, 0.2) is 0 Å². The van der Waals surface area contributed by atoms with E-state index in [0.29, 0.717) is 0 Å². The Morgan fingerprint density at radius 1 is 0.421 bits per heavy atom. The number of fused-ring (bicyclic) bond motifs is 3. The van der Waals surface area contributed by atoms with Crippen LogP contribution in [0.2, 0.25) is 0 Å². The van der Waals surface area contributed by atoms with Crippen molar-refractivity contribution in [3.63, 3.8) is 0 Å². The summed E-state index contributed by atoms with van der Waals surface area (Å²) < 4.78 is 2.36. The molecule has 0 amide bonds. The summed E-state index contributed by atoms with van der Waals surface area (Å²) in [5.41, 5.74) is 9.40. The van der Waals surface area contributed by atoms with E-state index in [-0.39, 0.29) is 0 Å². The van der Waals surface area contributed by atoms with E-state index in [9.17, 15) is 0 Å². The van der Waals surface area contributed by atoms with Crippen molar-refractivity contribution in [2.45, 2.75) is 0 Å². The normalized spacial score (nSPS) is 11.2. The maximum absolute atomic E-state index is 2.36. The minimum atomic E-state index is 1.13. The van der Waals surface area contributed by atoms with Gasteiger partial charge in [-0.1, -0.05) is 97.1 Å². The molecule has 1 aromatic heterocycles. The highest BCUT2D eigenvalue weighted by atomic mass is 15.1. The topological polar surface area (TPSA) is 8.17 Å².